The number of hydrogen-bond donors (Lipinski definition) is 1. The highest BCUT2D eigenvalue weighted by Gasteiger charge is 2.36. The van der Waals surface area contributed by atoms with E-state index in [-0.39, 0.29) is 17.3 Å². The molecule has 2 aromatic rings. The smallest absolute Gasteiger partial charge is 0.384 e. The molecule has 0 aromatic carbocycles. The molecule has 0 bridgehead atoms. The first-order chi connectivity index (χ1) is 7.88. The summed E-state index contributed by atoms with van der Waals surface area (Å²) in [6.07, 6.45) is -3.41. The Morgan fingerprint density at radius 3 is 2.53 bits per heavy atom. The Bertz CT molecular complexity index is 546. The van der Waals surface area contributed by atoms with E-state index in [1.54, 1.807) is 0 Å². The number of alkyl halides is 3. The Labute approximate surface area is 94.1 Å². The lowest BCUT2D eigenvalue weighted by atomic mass is 10.3. The average molecular weight is 243 g/mol. The van der Waals surface area contributed by atoms with Crippen LogP contribution in [0.15, 0.2) is 18.5 Å². The third-order valence-electron chi connectivity index (χ3n) is 2.01. The second-order valence-electron chi connectivity index (χ2n) is 3.38. The fraction of sp³-hybridized carbons (Fsp3) is 0.222. The number of aromatic nitrogens is 4. The molecule has 2 aromatic heterocycles. The van der Waals surface area contributed by atoms with Crippen LogP contribution in [0.3, 0.4) is 0 Å². The molecule has 0 saturated carbocycles. The molecule has 2 heterocycles. The second-order valence-corrected chi connectivity index (χ2v) is 3.38. The van der Waals surface area contributed by atoms with Crippen molar-refractivity contribution in [1.82, 2.24) is 19.7 Å². The van der Waals surface area contributed by atoms with Crippen molar-refractivity contribution in [3.63, 3.8) is 0 Å². The SMILES string of the molecule is Cc1cc(C(F)(F)F)n(-c2cc(N)ncn2)n1. The molecule has 0 amide bonds. The molecule has 90 valence electrons. The van der Waals surface area contributed by atoms with Gasteiger partial charge in [0.05, 0.1) is 5.69 Å². The van der Waals surface area contributed by atoms with Crippen LogP contribution in [0, 0.1) is 6.92 Å². The molecule has 2 N–H and O–H groups in total. The quantitative estimate of drug-likeness (QED) is 0.825. The van der Waals surface area contributed by atoms with E-state index >= 15 is 0 Å². The lowest BCUT2D eigenvalue weighted by molar-refractivity contribution is -0.142. The fourth-order valence-electron chi connectivity index (χ4n) is 1.35. The summed E-state index contributed by atoms with van der Waals surface area (Å²) in [6, 6.07) is 2.17. The zero-order chi connectivity index (χ0) is 12.6. The van der Waals surface area contributed by atoms with Crippen LogP contribution in [0.1, 0.15) is 11.4 Å². The van der Waals surface area contributed by atoms with E-state index in [0.29, 0.717) is 4.68 Å². The predicted octanol–water partition coefficient (Wildman–Crippen LogP) is 1.57. The number of halogens is 3. The van der Waals surface area contributed by atoms with Crippen molar-refractivity contribution in [2.45, 2.75) is 13.1 Å². The first-order valence-electron chi connectivity index (χ1n) is 4.59. The maximum atomic E-state index is 12.7. The second kappa shape index (κ2) is 3.72. The normalized spacial score (nSPS) is 11.8. The molecule has 17 heavy (non-hydrogen) atoms. The van der Waals surface area contributed by atoms with Crippen molar-refractivity contribution in [3.8, 4) is 5.82 Å². The largest absolute Gasteiger partial charge is 0.433 e. The van der Waals surface area contributed by atoms with E-state index < -0.39 is 11.9 Å². The van der Waals surface area contributed by atoms with Crippen molar-refractivity contribution in [2.24, 2.45) is 0 Å². The highest BCUT2D eigenvalue weighted by molar-refractivity contribution is 5.37. The molecule has 0 fully saturated rings. The highest BCUT2D eigenvalue weighted by Crippen LogP contribution is 2.31. The van der Waals surface area contributed by atoms with Gasteiger partial charge in [-0.2, -0.15) is 18.3 Å². The summed E-state index contributed by atoms with van der Waals surface area (Å²) >= 11 is 0. The number of nitrogens with two attached hydrogens (primary N) is 1. The van der Waals surface area contributed by atoms with Crippen LogP contribution >= 0.6 is 0 Å². The van der Waals surface area contributed by atoms with Crippen molar-refractivity contribution in [1.29, 1.82) is 0 Å². The molecule has 0 unspecified atom stereocenters. The Hall–Kier alpha value is -2.12. The minimum Gasteiger partial charge on any atom is -0.384 e. The van der Waals surface area contributed by atoms with Crippen molar-refractivity contribution in [3.05, 3.63) is 29.8 Å². The monoisotopic (exact) mass is 243 g/mol. The molecular formula is C9H8F3N5. The van der Waals surface area contributed by atoms with Crippen LogP contribution in [0.4, 0.5) is 19.0 Å². The number of nitrogens with zero attached hydrogens (tertiary/aromatic N) is 4. The fourth-order valence-corrected chi connectivity index (χ4v) is 1.35. The van der Waals surface area contributed by atoms with Crippen LogP contribution in [0.5, 0.6) is 0 Å². The van der Waals surface area contributed by atoms with Gasteiger partial charge in [-0.3, -0.25) is 0 Å². The van der Waals surface area contributed by atoms with E-state index in [4.69, 9.17) is 5.73 Å². The van der Waals surface area contributed by atoms with Crippen LogP contribution in [0.2, 0.25) is 0 Å². The summed E-state index contributed by atoms with van der Waals surface area (Å²) in [7, 11) is 0. The van der Waals surface area contributed by atoms with Gasteiger partial charge in [-0.15, -0.1) is 0 Å². The zero-order valence-electron chi connectivity index (χ0n) is 8.73. The third-order valence-corrected chi connectivity index (χ3v) is 2.01. The molecule has 0 aliphatic heterocycles. The summed E-state index contributed by atoms with van der Waals surface area (Å²) in [5.74, 6) is 0.0641. The maximum absolute atomic E-state index is 12.7. The van der Waals surface area contributed by atoms with E-state index in [0.717, 1.165) is 12.4 Å². The average Bonchev–Trinajstić information content (AvgIpc) is 2.60. The number of hydrogen-bond acceptors (Lipinski definition) is 4. The van der Waals surface area contributed by atoms with Gasteiger partial charge in [0.15, 0.2) is 5.82 Å². The Morgan fingerprint density at radius 2 is 1.94 bits per heavy atom. The van der Waals surface area contributed by atoms with Crippen molar-refractivity contribution >= 4 is 5.82 Å². The summed E-state index contributed by atoms with van der Waals surface area (Å²) in [4.78, 5) is 7.31. The van der Waals surface area contributed by atoms with Gasteiger partial charge in [0.25, 0.3) is 0 Å². The van der Waals surface area contributed by atoms with E-state index in [1.807, 2.05) is 0 Å². The van der Waals surface area contributed by atoms with Gasteiger partial charge in [-0.25, -0.2) is 14.6 Å². The van der Waals surface area contributed by atoms with Crippen molar-refractivity contribution in [2.75, 3.05) is 5.73 Å². The molecule has 2 rings (SSSR count). The summed E-state index contributed by atoms with van der Waals surface area (Å²) in [5.41, 5.74) is 4.74. The number of rotatable bonds is 1. The molecule has 0 aliphatic rings. The van der Waals surface area contributed by atoms with E-state index in [9.17, 15) is 13.2 Å². The van der Waals surface area contributed by atoms with Crippen LogP contribution in [-0.2, 0) is 6.18 Å². The molecular weight excluding hydrogens is 235 g/mol. The minimum absolute atomic E-state index is 0.0158. The first kappa shape index (κ1) is 11.4. The van der Waals surface area contributed by atoms with E-state index in [1.165, 1.54) is 13.0 Å². The van der Waals surface area contributed by atoms with Gasteiger partial charge < -0.3 is 5.73 Å². The third kappa shape index (κ3) is 2.19. The molecule has 0 atom stereocenters. The standard InChI is InChI=1S/C9H8F3N5/c1-5-2-6(9(10,11)12)17(16-5)8-3-7(13)14-4-15-8/h2-4H,1H3,(H2,13,14,15). The van der Waals surface area contributed by atoms with Crippen molar-refractivity contribution < 1.29 is 13.2 Å². The minimum atomic E-state index is -4.50. The number of nitrogen functional groups attached to an aromatic ring is 1. The molecule has 0 saturated heterocycles. The Kier molecular flexibility index (Phi) is 2.49. The molecule has 8 heteroatoms. The number of aryl methyl sites for hydroxylation is 1. The Morgan fingerprint density at radius 1 is 1.24 bits per heavy atom. The van der Waals surface area contributed by atoms with Gasteiger partial charge in [0.2, 0.25) is 0 Å². The van der Waals surface area contributed by atoms with Crippen LogP contribution in [0.25, 0.3) is 5.82 Å². The lowest BCUT2D eigenvalue weighted by Gasteiger charge is -2.09. The lowest BCUT2D eigenvalue weighted by Crippen LogP contribution is -2.14. The summed E-state index contributed by atoms with van der Waals surface area (Å²) in [6.45, 7) is 1.47. The predicted molar refractivity (Wildman–Crippen MR) is 53.3 cm³/mol. The zero-order valence-corrected chi connectivity index (χ0v) is 8.73. The number of anilines is 1. The van der Waals surface area contributed by atoms with Gasteiger partial charge in [-0.05, 0) is 13.0 Å². The van der Waals surface area contributed by atoms with Gasteiger partial charge in [0.1, 0.15) is 17.8 Å². The van der Waals surface area contributed by atoms with Gasteiger partial charge in [-0.1, -0.05) is 0 Å². The van der Waals surface area contributed by atoms with Gasteiger partial charge in [0, 0.05) is 6.07 Å². The molecule has 0 aliphatic carbocycles. The van der Waals surface area contributed by atoms with E-state index in [2.05, 4.69) is 15.1 Å². The molecule has 0 radical (unpaired) electrons. The highest BCUT2D eigenvalue weighted by atomic mass is 19.4. The summed E-state index contributed by atoms with van der Waals surface area (Å²) in [5, 5.41) is 3.74. The topological polar surface area (TPSA) is 69.6 Å². The Balaban J connectivity index is 2.60. The van der Waals surface area contributed by atoms with Crippen LogP contribution in [-0.4, -0.2) is 19.7 Å². The molecule has 0 spiro atoms. The maximum Gasteiger partial charge on any atom is 0.433 e. The first-order valence-corrected chi connectivity index (χ1v) is 4.59. The van der Waals surface area contributed by atoms with Gasteiger partial charge >= 0.3 is 6.18 Å². The molecule has 5 nitrogen and oxygen atoms in total. The van der Waals surface area contributed by atoms with Crippen LogP contribution < -0.4 is 5.73 Å². The summed E-state index contributed by atoms with van der Waals surface area (Å²) < 4.78 is 38.8.